The summed E-state index contributed by atoms with van der Waals surface area (Å²) in [6, 6.07) is -1.26. The van der Waals surface area contributed by atoms with Crippen molar-refractivity contribution < 1.29 is 43.7 Å². The van der Waals surface area contributed by atoms with Crippen LogP contribution in [0.1, 0.15) is 65.2 Å². The molecule has 3 saturated carbocycles. The van der Waals surface area contributed by atoms with Gasteiger partial charge in [0.25, 0.3) is 5.09 Å². The van der Waals surface area contributed by atoms with Crippen molar-refractivity contribution in [1.29, 1.82) is 0 Å². The first-order chi connectivity index (χ1) is 19.4. The number of aliphatic hydroxyl groups is 1. The highest BCUT2D eigenvalue weighted by Gasteiger charge is 2.62. The maximum Gasteiger partial charge on any atom is 0.323 e. The van der Waals surface area contributed by atoms with E-state index in [4.69, 9.17) is 15.2 Å². The van der Waals surface area contributed by atoms with E-state index in [0.29, 0.717) is 25.7 Å². The predicted octanol–water partition coefficient (Wildman–Crippen LogP) is 2.24. The molecule has 0 saturated heterocycles. The first-order valence-corrected chi connectivity index (χ1v) is 14.4. The van der Waals surface area contributed by atoms with E-state index in [0.717, 1.165) is 24.8 Å². The topological polar surface area (TPSA) is 185 Å². The van der Waals surface area contributed by atoms with Gasteiger partial charge in [-0.2, -0.15) is 0 Å². The Morgan fingerprint density at radius 3 is 2.63 bits per heavy atom. The number of fused-ring (bicyclic) bond motifs is 5. The number of nitrogens with zero attached hydrogens (tertiary/aromatic N) is 1. The van der Waals surface area contributed by atoms with Gasteiger partial charge in [-0.15, -0.1) is 10.1 Å². The van der Waals surface area contributed by atoms with Crippen molar-refractivity contribution in [3.05, 3.63) is 33.9 Å². The molecule has 4 aliphatic rings. The van der Waals surface area contributed by atoms with Crippen LogP contribution in [0.4, 0.5) is 0 Å². The molecule has 0 bridgehead atoms. The second-order valence-corrected chi connectivity index (χ2v) is 12.3. The lowest BCUT2D eigenvalue weighted by molar-refractivity contribution is -0.757. The quantitative estimate of drug-likeness (QED) is 0.150. The number of rotatable bonds is 12. The Morgan fingerprint density at radius 1 is 1.17 bits per heavy atom. The number of ether oxygens (including phenoxy) is 2. The van der Waals surface area contributed by atoms with Gasteiger partial charge in [-0.3, -0.25) is 19.2 Å². The number of Topliss-reactive ketones (excluding diaryl/α,β-unsaturated/α-hetero) is 1. The molecule has 8 atom stereocenters. The Labute approximate surface area is 238 Å². The number of aliphatic hydroxyl groups excluding tert-OH is 1. The molecule has 0 radical (unpaired) electrons. The molecule has 0 aliphatic heterocycles. The normalized spacial score (nSPS) is 34.4. The van der Waals surface area contributed by atoms with E-state index in [1.807, 2.05) is 6.08 Å². The van der Waals surface area contributed by atoms with E-state index in [2.05, 4.69) is 18.7 Å². The van der Waals surface area contributed by atoms with Gasteiger partial charge < -0.3 is 25.2 Å². The van der Waals surface area contributed by atoms with Gasteiger partial charge in [0.1, 0.15) is 12.6 Å². The van der Waals surface area contributed by atoms with E-state index in [-0.39, 0.29) is 53.9 Å². The minimum Gasteiger partial charge on any atom is -0.465 e. The van der Waals surface area contributed by atoms with E-state index < -0.39 is 47.6 Å². The summed E-state index contributed by atoms with van der Waals surface area (Å²) >= 11 is 0. The van der Waals surface area contributed by atoms with Crippen LogP contribution in [-0.2, 0) is 33.5 Å². The average molecular weight is 577 g/mol. The fourth-order valence-electron chi connectivity index (χ4n) is 8.05. The van der Waals surface area contributed by atoms with Crippen molar-refractivity contribution in [2.75, 3.05) is 19.8 Å². The fourth-order valence-corrected chi connectivity index (χ4v) is 8.05. The summed E-state index contributed by atoms with van der Waals surface area (Å²) in [5.41, 5.74) is 6.02. The Kier molecular flexibility index (Phi) is 9.32. The molecular weight excluding hydrogens is 536 g/mol. The SMILES string of the molecule is C[C@]12CC(O)C3[C@@H](CCC4=CC(=O)C=C[C@@]43C)C1CCC2C(=O)COC(=O)CC(N)C(=O)OCCCCO[N+](=O)[O-]. The Balaban J connectivity index is 1.27. The number of carbonyl (C=O) groups is 4. The van der Waals surface area contributed by atoms with Crippen LogP contribution >= 0.6 is 0 Å². The van der Waals surface area contributed by atoms with Crippen LogP contribution in [-0.4, -0.2) is 65.7 Å². The van der Waals surface area contributed by atoms with Crippen molar-refractivity contribution in [3.63, 3.8) is 0 Å². The molecule has 226 valence electrons. The molecule has 12 heteroatoms. The maximum atomic E-state index is 13.3. The summed E-state index contributed by atoms with van der Waals surface area (Å²) in [5, 5.41) is 20.6. The number of esters is 2. The standard InChI is InChI=1S/C29H40N2O10/c1-28-10-9-18(32)13-17(28)5-6-19-20-7-8-21(29(20,2)15-23(33)26(19)28)24(34)16-40-25(35)14-22(30)27(36)39-11-3-4-12-41-31(37)38/h9-10,13,19-23,26,33H,3-8,11-12,14-16,30H2,1-2H3/t19-,20?,21?,22?,23?,26?,28-,29-/m0/s1. The summed E-state index contributed by atoms with van der Waals surface area (Å²) in [6.07, 6.45) is 8.45. The van der Waals surface area contributed by atoms with Gasteiger partial charge in [0.05, 0.1) is 25.7 Å². The zero-order valence-corrected chi connectivity index (χ0v) is 23.6. The summed E-state index contributed by atoms with van der Waals surface area (Å²) < 4.78 is 10.2. The summed E-state index contributed by atoms with van der Waals surface area (Å²) in [5.74, 6) is -1.74. The van der Waals surface area contributed by atoms with E-state index >= 15 is 0 Å². The first-order valence-electron chi connectivity index (χ1n) is 14.4. The molecule has 0 aromatic carbocycles. The molecule has 0 amide bonds. The van der Waals surface area contributed by atoms with Gasteiger partial charge in [0.2, 0.25) is 0 Å². The largest absolute Gasteiger partial charge is 0.465 e. The molecule has 5 unspecified atom stereocenters. The zero-order valence-electron chi connectivity index (χ0n) is 23.6. The molecule has 4 aliphatic carbocycles. The van der Waals surface area contributed by atoms with Crippen LogP contribution in [0.15, 0.2) is 23.8 Å². The molecule has 3 N–H and O–H groups in total. The van der Waals surface area contributed by atoms with E-state index in [9.17, 15) is 34.4 Å². The minimum absolute atomic E-state index is 0.0112. The van der Waals surface area contributed by atoms with Crippen LogP contribution in [0.2, 0.25) is 0 Å². The number of ketones is 2. The second kappa shape index (κ2) is 12.4. The summed E-state index contributed by atoms with van der Waals surface area (Å²) in [4.78, 5) is 63.9. The molecule has 0 heterocycles. The fraction of sp³-hybridized carbons (Fsp3) is 0.724. The number of hydrogen-bond donors (Lipinski definition) is 2. The lowest BCUT2D eigenvalue weighted by atomic mass is 9.46. The third-order valence-electron chi connectivity index (χ3n) is 9.93. The highest BCUT2D eigenvalue weighted by atomic mass is 16.9. The number of allylic oxidation sites excluding steroid dienone is 4. The minimum atomic E-state index is -1.26. The molecule has 0 aromatic heterocycles. The van der Waals surface area contributed by atoms with Gasteiger partial charge in [0.15, 0.2) is 11.6 Å². The van der Waals surface area contributed by atoms with E-state index in [1.54, 1.807) is 12.2 Å². The molecule has 12 nitrogen and oxygen atoms in total. The van der Waals surface area contributed by atoms with Crippen molar-refractivity contribution in [2.45, 2.75) is 77.4 Å². The van der Waals surface area contributed by atoms with Crippen LogP contribution in [0.25, 0.3) is 0 Å². The van der Waals surface area contributed by atoms with Gasteiger partial charge in [-0.05, 0) is 74.3 Å². The lowest BCUT2D eigenvalue weighted by Crippen LogP contribution is -2.56. The number of carbonyl (C=O) groups excluding carboxylic acids is 4. The Hall–Kier alpha value is -3.12. The number of hydrogen-bond acceptors (Lipinski definition) is 11. The lowest BCUT2D eigenvalue weighted by Gasteiger charge is -2.58. The average Bonchev–Trinajstić information content (AvgIpc) is 3.25. The van der Waals surface area contributed by atoms with Crippen molar-refractivity contribution in [2.24, 2.45) is 40.2 Å². The summed E-state index contributed by atoms with van der Waals surface area (Å²) in [6.45, 7) is 3.61. The summed E-state index contributed by atoms with van der Waals surface area (Å²) in [7, 11) is 0. The molecule has 4 rings (SSSR count). The molecule has 41 heavy (non-hydrogen) atoms. The van der Waals surface area contributed by atoms with Gasteiger partial charge >= 0.3 is 11.9 Å². The van der Waals surface area contributed by atoms with Crippen LogP contribution in [0, 0.1) is 44.6 Å². The molecular formula is C29H40N2O10. The van der Waals surface area contributed by atoms with Gasteiger partial charge in [0, 0.05) is 17.3 Å². The molecule has 3 fully saturated rings. The third-order valence-corrected chi connectivity index (χ3v) is 9.93. The van der Waals surface area contributed by atoms with E-state index in [1.165, 1.54) is 0 Å². The molecule has 0 spiro atoms. The predicted molar refractivity (Wildman–Crippen MR) is 143 cm³/mol. The smallest absolute Gasteiger partial charge is 0.323 e. The molecule has 0 aromatic rings. The first kappa shape index (κ1) is 30.8. The highest BCUT2D eigenvalue weighted by molar-refractivity contribution is 6.01. The number of nitrogens with two attached hydrogens (primary N) is 1. The number of unbranched alkanes of at least 4 members (excludes halogenated alkanes) is 1. The van der Waals surface area contributed by atoms with Crippen LogP contribution in [0.5, 0.6) is 0 Å². The second-order valence-electron chi connectivity index (χ2n) is 12.3. The van der Waals surface area contributed by atoms with Crippen molar-refractivity contribution in [1.82, 2.24) is 0 Å². The van der Waals surface area contributed by atoms with Crippen molar-refractivity contribution >= 4 is 23.5 Å². The monoisotopic (exact) mass is 576 g/mol. The van der Waals surface area contributed by atoms with Gasteiger partial charge in [-0.1, -0.05) is 25.5 Å². The van der Waals surface area contributed by atoms with Crippen LogP contribution in [0.3, 0.4) is 0 Å². The zero-order chi connectivity index (χ0) is 29.9. The maximum absolute atomic E-state index is 13.3. The van der Waals surface area contributed by atoms with Crippen LogP contribution < -0.4 is 5.73 Å². The third kappa shape index (κ3) is 6.38. The van der Waals surface area contributed by atoms with Crippen molar-refractivity contribution in [3.8, 4) is 0 Å². The highest BCUT2D eigenvalue weighted by Crippen LogP contribution is 2.66. The Bertz CT molecular complexity index is 1130. The Morgan fingerprint density at radius 2 is 1.90 bits per heavy atom. The van der Waals surface area contributed by atoms with Gasteiger partial charge in [-0.25, -0.2) is 0 Å².